The molecule has 0 aliphatic rings. The van der Waals surface area contributed by atoms with Crippen molar-refractivity contribution in [3.8, 4) is 0 Å². The van der Waals surface area contributed by atoms with E-state index in [1.807, 2.05) is 0 Å². The average Bonchev–Trinajstić information content (AvgIpc) is 2.09. The van der Waals surface area contributed by atoms with Crippen LogP contribution in [0, 0.1) is 0 Å². The lowest BCUT2D eigenvalue weighted by Gasteiger charge is -2.08. The predicted molar refractivity (Wildman–Crippen MR) is 50.4 cm³/mol. The van der Waals surface area contributed by atoms with Gasteiger partial charge in [0.25, 0.3) is 5.56 Å². The Morgan fingerprint density at radius 1 is 1.33 bits per heavy atom. The maximum Gasteiger partial charge on any atom is 0.389 e. The fourth-order valence-corrected chi connectivity index (χ4v) is 1.17. The van der Waals surface area contributed by atoms with Gasteiger partial charge < -0.3 is 10.3 Å². The van der Waals surface area contributed by atoms with Crippen molar-refractivity contribution in [2.75, 3.05) is 5.73 Å². The van der Waals surface area contributed by atoms with Crippen LogP contribution >= 0.6 is 0 Å². The van der Waals surface area contributed by atoms with Gasteiger partial charge in [-0.15, -0.1) is 0 Å². The van der Waals surface area contributed by atoms with E-state index in [4.69, 9.17) is 5.73 Å². The van der Waals surface area contributed by atoms with Gasteiger partial charge in [-0.1, -0.05) is 0 Å². The van der Waals surface area contributed by atoms with Crippen LogP contribution in [0.1, 0.15) is 12.8 Å². The molecule has 0 unspecified atom stereocenters. The van der Waals surface area contributed by atoms with E-state index in [0.29, 0.717) is 5.69 Å². The Balaban J connectivity index is 2.58. The second-order valence-electron chi connectivity index (χ2n) is 3.21. The van der Waals surface area contributed by atoms with E-state index in [2.05, 4.69) is 0 Å². The van der Waals surface area contributed by atoms with Crippen LogP contribution in [0.3, 0.4) is 0 Å². The molecule has 0 fully saturated rings. The zero-order chi connectivity index (χ0) is 11.5. The van der Waals surface area contributed by atoms with Crippen molar-refractivity contribution >= 4 is 5.69 Å². The maximum absolute atomic E-state index is 11.8. The third-order valence-electron chi connectivity index (χ3n) is 1.87. The van der Waals surface area contributed by atoms with E-state index in [0.717, 1.165) is 0 Å². The number of alkyl halides is 3. The van der Waals surface area contributed by atoms with Crippen LogP contribution in [0.5, 0.6) is 0 Å². The Morgan fingerprint density at radius 2 is 2.00 bits per heavy atom. The summed E-state index contributed by atoms with van der Waals surface area (Å²) >= 11 is 0. The lowest BCUT2D eigenvalue weighted by atomic mass is 10.3. The number of pyridine rings is 1. The predicted octanol–water partition coefficient (Wildman–Crippen LogP) is 1.77. The molecule has 0 aliphatic carbocycles. The van der Waals surface area contributed by atoms with Gasteiger partial charge in [0, 0.05) is 30.9 Å². The zero-order valence-corrected chi connectivity index (χ0v) is 7.92. The number of nitrogens with zero attached hydrogens (tertiary/aromatic N) is 1. The first kappa shape index (κ1) is 11.6. The Morgan fingerprint density at radius 3 is 2.60 bits per heavy atom. The highest BCUT2D eigenvalue weighted by Crippen LogP contribution is 2.21. The average molecular weight is 220 g/mol. The van der Waals surface area contributed by atoms with E-state index in [1.165, 1.54) is 22.9 Å². The molecule has 0 saturated carbocycles. The van der Waals surface area contributed by atoms with Crippen LogP contribution < -0.4 is 11.3 Å². The van der Waals surface area contributed by atoms with Gasteiger partial charge in [0.2, 0.25) is 0 Å². The minimum atomic E-state index is -4.18. The summed E-state index contributed by atoms with van der Waals surface area (Å²) in [7, 11) is 0. The Labute approximate surface area is 84.3 Å². The summed E-state index contributed by atoms with van der Waals surface area (Å²) in [5.74, 6) is 0. The van der Waals surface area contributed by atoms with E-state index in [1.54, 1.807) is 0 Å². The van der Waals surface area contributed by atoms with Crippen molar-refractivity contribution in [1.82, 2.24) is 4.57 Å². The molecule has 1 heterocycles. The number of hydrogen-bond donors (Lipinski definition) is 1. The van der Waals surface area contributed by atoms with Crippen LogP contribution in [0.4, 0.5) is 18.9 Å². The number of halogens is 3. The van der Waals surface area contributed by atoms with Gasteiger partial charge in [-0.05, 0) is 12.5 Å². The van der Waals surface area contributed by atoms with Gasteiger partial charge in [0.1, 0.15) is 0 Å². The number of aromatic nitrogens is 1. The fourth-order valence-electron chi connectivity index (χ4n) is 1.17. The Bertz CT molecular complexity index is 384. The van der Waals surface area contributed by atoms with Crippen molar-refractivity contribution < 1.29 is 13.2 Å². The lowest BCUT2D eigenvalue weighted by molar-refractivity contribution is -0.135. The van der Waals surface area contributed by atoms with E-state index >= 15 is 0 Å². The van der Waals surface area contributed by atoms with Crippen LogP contribution in [0.2, 0.25) is 0 Å². The smallest absolute Gasteiger partial charge is 0.389 e. The van der Waals surface area contributed by atoms with Gasteiger partial charge in [0.15, 0.2) is 0 Å². The molecule has 15 heavy (non-hydrogen) atoms. The minimum absolute atomic E-state index is 0.0311. The summed E-state index contributed by atoms with van der Waals surface area (Å²) in [6.07, 6.45) is -3.84. The summed E-state index contributed by atoms with van der Waals surface area (Å²) in [6, 6.07) is 2.66. The largest absolute Gasteiger partial charge is 0.398 e. The highest BCUT2D eigenvalue weighted by Gasteiger charge is 2.25. The second kappa shape index (κ2) is 4.37. The Hall–Kier alpha value is -1.46. The normalized spacial score (nSPS) is 11.7. The molecule has 0 bridgehead atoms. The molecule has 0 aliphatic heterocycles. The first-order valence-corrected chi connectivity index (χ1v) is 4.41. The molecular weight excluding hydrogens is 209 g/mol. The molecule has 1 rings (SSSR count). The maximum atomic E-state index is 11.8. The fraction of sp³-hybridized carbons (Fsp3) is 0.444. The topological polar surface area (TPSA) is 48.0 Å². The summed E-state index contributed by atoms with van der Waals surface area (Å²) in [6.45, 7) is 0.0311. The van der Waals surface area contributed by atoms with Gasteiger partial charge in [0.05, 0.1) is 0 Å². The molecule has 3 nitrogen and oxygen atoms in total. The van der Waals surface area contributed by atoms with Gasteiger partial charge in [-0.25, -0.2) is 0 Å². The number of nitrogen functional groups attached to an aromatic ring is 1. The summed E-state index contributed by atoms with van der Waals surface area (Å²) in [5, 5.41) is 0. The van der Waals surface area contributed by atoms with Crippen LogP contribution in [0.25, 0.3) is 0 Å². The van der Waals surface area contributed by atoms with Gasteiger partial charge >= 0.3 is 6.18 Å². The van der Waals surface area contributed by atoms with Crippen LogP contribution in [-0.2, 0) is 6.54 Å². The summed E-state index contributed by atoms with van der Waals surface area (Å²) in [4.78, 5) is 11.2. The van der Waals surface area contributed by atoms with Crippen LogP contribution in [-0.4, -0.2) is 10.7 Å². The minimum Gasteiger partial charge on any atom is -0.398 e. The first-order valence-electron chi connectivity index (χ1n) is 4.41. The van der Waals surface area contributed by atoms with E-state index in [9.17, 15) is 18.0 Å². The molecule has 1 aromatic heterocycles. The Kier molecular flexibility index (Phi) is 3.39. The van der Waals surface area contributed by atoms with E-state index < -0.39 is 12.6 Å². The van der Waals surface area contributed by atoms with Crippen LogP contribution in [0.15, 0.2) is 23.1 Å². The lowest BCUT2D eigenvalue weighted by Crippen LogP contribution is -2.20. The third-order valence-corrected chi connectivity index (χ3v) is 1.87. The first-order chi connectivity index (χ1) is 6.88. The highest BCUT2D eigenvalue weighted by atomic mass is 19.4. The van der Waals surface area contributed by atoms with Gasteiger partial charge in [-0.3, -0.25) is 4.79 Å². The second-order valence-corrected chi connectivity index (χ2v) is 3.21. The molecule has 1 aromatic rings. The molecule has 0 saturated heterocycles. The summed E-state index contributed by atoms with van der Waals surface area (Å²) < 4.78 is 36.7. The third kappa shape index (κ3) is 4.05. The quantitative estimate of drug-likeness (QED) is 0.843. The monoisotopic (exact) mass is 220 g/mol. The molecule has 2 N–H and O–H groups in total. The van der Waals surface area contributed by atoms with Gasteiger partial charge in [-0.2, -0.15) is 13.2 Å². The number of hydrogen-bond acceptors (Lipinski definition) is 2. The number of nitrogens with two attached hydrogens (primary N) is 1. The number of rotatable bonds is 3. The molecule has 0 amide bonds. The molecule has 0 radical (unpaired) electrons. The number of anilines is 1. The van der Waals surface area contributed by atoms with Crippen molar-refractivity contribution in [2.24, 2.45) is 0 Å². The molecule has 84 valence electrons. The van der Waals surface area contributed by atoms with E-state index in [-0.39, 0.29) is 18.5 Å². The van der Waals surface area contributed by atoms with Crippen molar-refractivity contribution in [1.29, 1.82) is 0 Å². The molecule has 6 heteroatoms. The van der Waals surface area contributed by atoms with Crippen molar-refractivity contribution in [3.05, 3.63) is 28.7 Å². The molecule has 0 spiro atoms. The molecule has 0 aromatic carbocycles. The zero-order valence-electron chi connectivity index (χ0n) is 7.92. The summed E-state index contributed by atoms with van der Waals surface area (Å²) in [5.41, 5.74) is 5.42. The molecular formula is C9H11F3N2O. The van der Waals surface area contributed by atoms with Crippen molar-refractivity contribution in [3.63, 3.8) is 0 Å². The number of aryl methyl sites for hydroxylation is 1. The standard InChI is InChI=1S/C9H11F3N2O/c10-9(11,12)4-1-5-14-6-7(13)2-3-8(14)15/h2-3,6H,1,4-5,13H2. The highest BCUT2D eigenvalue weighted by molar-refractivity contribution is 5.33. The van der Waals surface area contributed by atoms with Crippen molar-refractivity contribution in [2.45, 2.75) is 25.6 Å². The molecule has 0 atom stereocenters. The SMILES string of the molecule is Nc1ccc(=O)n(CCCC(F)(F)F)c1.